The highest BCUT2D eigenvalue weighted by molar-refractivity contribution is 7.91. The summed E-state index contributed by atoms with van der Waals surface area (Å²) in [6.07, 6.45) is 0.408. The van der Waals surface area contributed by atoms with Gasteiger partial charge in [-0.05, 0) is 48.4 Å². The molecule has 1 atom stereocenters. The fourth-order valence-corrected chi connectivity index (χ4v) is 4.80. The molecule has 0 saturated carbocycles. The standard InChI is InChI=1S/C19H20FNO4S/c1-25-18-8-2-14(3-9-18)12-21(17-10-11-26(23,24)13-17)19(22)15-4-6-16(20)7-5-15/h2-9,17H,10-13H2,1H3/t17-/m0/s1. The first-order valence-electron chi connectivity index (χ1n) is 8.28. The number of sulfone groups is 1. The third kappa shape index (κ3) is 4.22. The lowest BCUT2D eigenvalue weighted by atomic mass is 10.1. The molecule has 0 spiro atoms. The minimum Gasteiger partial charge on any atom is -0.497 e. The Morgan fingerprint density at radius 1 is 1.15 bits per heavy atom. The van der Waals surface area contributed by atoms with Gasteiger partial charge >= 0.3 is 0 Å². The summed E-state index contributed by atoms with van der Waals surface area (Å²) in [4.78, 5) is 14.5. The number of nitrogens with zero attached hydrogens (tertiary/aromatic N) is 1. The number of amides is 1. The summed E-state index contributed by atoms with van der Waals surface area (Å²) in [7, 11) is -1.57. The molecule has 1 aliphatic rings. The van der Waals surface area contributed by atoms with Crippen molar-refractivity contribution in [2.24, 2.45) is 0 Å². The molecule has 5 nitrogen and oxygen atoms in total. The first-order chi connectivity index (χ1) is 12.4. The van der Waals surface area contributed by atoms with Gasteiger partial charge in [0.1, 0.15) is 11.6 Å². The molecule has 2 aromatic carbocycles. The van der Waals surface area contributed by atoms with E-state index in [4.69, 9.17) is 4.74 Å². The van der Waals surface area contributed by atoms with E-state index < -0.39 is 15.7 Å². The molecule has 1 aliphatic heterocycles. The first kappa shape index (κ1) is 18.4. The molecular weight excluding hydrogens is 357 g/mol. The Balaban J connectivity index is 1.88. The second-order valence-corrected chi connectivity index (χ2v) is 8.57. The number of hydrogen-bond donors (Lipinski definition) is 0. The van der Waals surface area contributed by atoms with Crippen LogP contribution in [0.1, 0.15) is 22.3 Å². The lowest BCUT2D eigenvalue weighted by Gasteiger charge is -2.28. The molecule has 7 heteroatoms. The van der Waals surface area contributed by atoms with Crippen LogP contribution >= 0.6 is 0 Å². The van der Waals surface area contributed by atoms with Gasteiger partial charge in [-0.3, -0.25) is 4.79 Å². The van der Waals surface area contributed by atoms with Crippen LogP contribution in [0.5, 0.6) is 5.75 Å². The molecule has 3 rings (SSSR count). The van der Waals surface area contributed by atoms with Gasteiger partial charge in [0.15, 0.2) is 9.84 Å². The summed E-state index contributed by atoms with van der Waals surface area (Å²) in [6.45, 7) is 0.278. The normalized spacial score (nSPS) is 18.5. The highest BCUT2D eigenvalue weighted by atomic mass is 32.2. The smallest absolute Gasteiger partial charge is 0.254 e. The predicted octanol–water partition coefficient (Wildman–Crippen LogP) is 2.66. The molecule has 0 aliphatic carbocycles. The van der Waals surface area contributed by atoms with Gasteiger partial charge in [0, 0.05) is 18.2 Å². The zero-order valence-corrected chi connectivity index (χ0v) is 15.2. The third-order valence-corrected chi connectivity index (χ3v) is 6.26. The quantitative estimate of drug-likeness (QED) is 0.804. The highest BCUT2D eigenvalue weighted by Gasteiger charge is 2.35. The molecule has 0 unspecified atom stereocenters. The molecule has 0 bridgehead atoms. The van der Waals surface area contributed by atoms with E-state index in [2.05, 4.69) is 0 Å². The number of methoxy groups -OCH3 is 1. The molecule has 26 heavy (non-hydrogen) atoms. The Bertz CT molecular complexity index is 879. The Hall–Kier alpha value is -2.41. The van der Waals surface area contributed by atoms with Crippen molar-refractivity contribution >= 4 is 15.7 Å². The van der Waals surface area contributed by atoms with E-state index >= 15 is 0 Å². The molecule has 0 radical (unpaired) electrons. The maximum absolute atomic E-state index is 13.2. The minimum atomic E-state index is -3.14. The number of carbonyl (C=O) groups excluding carboxylic acids is 1. The van der Waals surface area contributed by atoms with E-state index in [0.717, 1.165) is 5.56 Å². The van der Waals surface area contributed by atoms with Gasteiger partial charge in [-0.15, -0.1) is 0 Å². The Labute approximate surface area is 152 Å². The molecule has 1 fully saturated rings. The molecule has 0 aromatic heterocycles. The van der Waals surface area contributed by atoms with Gasteiger partial charge in [-0.25, -0.2) is 12.8 Å². The van der Waals surface area contributed by atoms with Crippen LogP contribution in [0.15, 0.2) is 48.5 Å². The van der Waals surface area contributed by atoms with Gasteiger partial charge in [0.05, 0.1) is 18.6 Å². The average molecular weight is 377 g/mol. The van der Waals surface area contributed by atoms with E-state index in [1.807, 2.05) is 12.1 Å². The van der Waals surface area contributed by atoms with E-state index in [0.29, 0.717) is 17.7 Å². The predicted molar refractivity (Wildman–Crippen MR) is 96.3 cm³/mol. The van der Waals surface area contributed by atoms with Gasteiger partial charge in [-0.1, -0.05) is 12.1 Å². The van der Waals surface area contributed by atoms with Crippen LogP contribution < -0.4 is 4.74 Å². The fourth-order valence-electron chi connectivity index (χ4n) is 3.07. The van der Waals surface area contributed by atoms with Crippen molar-refractivity contribution in [1.29, 1.82) is 0 Å². The summed E-state index contributed by atoms with van der Waals surface area (Å²) in [5.41, 5.74) is 1.20. The van der Waals surface area contributed by atoms with Crippen molar-refractivity contribution in [3.05, 3.63) is 65.5 Å². The first-order valence-corrected chi connectivity index (χ1v) is 10.1. The zero-order valence-electron chi connectivity index (χ0n) is 14.4. The lowest BCUT2D eigenvalue weighted by molar-refractivity contribution is 0.0681. The fraction of sp³-hybridized carbons (Fsp3) is 0.316. The summed E-state index contributed by atoms with van der Waals surface area (Å²) >= 11 is 0. The maximum atomic E-state index is 13.2. The van der Waals surface area contributed by atoms with Crippen molar-refractivity contribution in [3.63, 3.8) is 0 Å². The molecule has 2 aromatic rings. The second-order valence-electron chi connectivity index (χ2n) is 6.34. The number of ether oxygens (including phenoxy) is 1. The number of benzene rings is 2. The monoisotopic (exact) mass is 377 g/mol. The summed E-state index contributed by atoms with van der Waals surface area (Å²) in [5.74, 6) is 0.00652. The molecule has 1 amide bonds. The van der Waals surface area contributed by atoms with Crippen LogP contribution in [0.3, 0.4) is 0 Å². The zero-order chi connectivity index (χ0) is 18.7. The summed E-state index contributed by atoms with van der Waals surface area (Å²) in [6, 6.07) is 12.2. The Kier molecular flexibility index (Phi) is 5.27. The molecule has 138 valence electrons. The van der Waals surface area contributed by atoms with E-state index in [-0.39, 0.29) is 30.0 Å². The molecule has 0 N–H and O–H groups in total. The summed E-state index contributed by atoms with van der Waals surface area (Å²) < 4.78 is 42.1. The largest absolute Gasteiger partial charge is 0.497 e. The van der Waals surface area contributed by atoms with Crippen molar-refractivity contribution in [2.75, 3.05) is 18.6 Å². The number of carbonyl (C=O) groups is 1. The highest BCUT2D eigenvalue weighted by Crippen LogP contribution is 2.23. The number of halogens is 1. The number of hydrogen-bond acceptors (Lipinski definition) is 4. The minimum absolute atomic E-state index is 0.0455. The van der Waals surface area contributed by atoms with Crippen LogP contribution in [-0.2, 0) is 16.4 Å². The van der Waals surface area contributed by atoms with Gasteiger partial charge < -0.3 is 9.64 Å². The van der Waals surface area contributed by atoms with E-state index in [1.165, 1.54) is 24.3 Å². The average Bonchev–Trinajstić information content (AvgIpc) is 3.00. The molecular formula is C19H20FNO4S. The molecule has 1 heterocycles. The third-order valence-electron chi connectivity index (χ3n) is 4.51. The van der Waals surface area contributed by atoms with Crippen molar-refractivity contribution in [2.45, 2.75) is 19.0 Å². The Morgan fingerprint density at radius 2 is 1.81 bits per heavy atom. The van der Waals surface area contributed by atoms with Crippen LogP contribution in [0.4, 0.5) is 4.39 Å². The van der Waals surface area contributed by atoms with E-state index in [9.17, 15) is 17.6 Å². The topological polar surface area (TPSA) is 63.7 Å². The van der Waals surface area contributed by atoms with Crippen molar-refractivity contribution < 1.29 is 22.3 Å². The van der Waals surface area contributed by atoms with Crippen LogP contribution in [-0.4, -0.2) is 43.9 Å². The second kappa shape index (κ2) is 7.45. The van der Waals surface area contributed by atoms with Gasteiger partial charge in [0.2, 0.25) is 0 Å². The molecule has 1 saturated heterocycles. The maximum Gasteiger partial charge on any atom is 0.254 e. The van der Waals surface area contributed by atoms with Crippen molar-refractivity contribution in [3.8, 4) is 5.75 Å². The van der Waals surface area contributed by atoms with Crippen LogP contribution in [0.25, 0.3) is 0 Å². The summed E-state index contributed by atoms with van der Waals surface area (Å²) in [5, 5.41) is 0. The Morgan fingerprint density at radius 3 is 2.35 bits per heavy atom. The number of rotatable bonds is 5. The van der Waals surface area contributed by atoms with Crippen molar-refractivity contribution in [1.82, 2.24) is 4.90 Å². The van der Waals surface area contributed by atoms with Crippen LogP contribution in [0.2, 0.25) is 0 Å². The lowest BCUT2D eigenvalue weighted by Crippen LogP contribution is -2.40. The van der Waals surface area contributed by atoms with Gasteiger partial charge in [-0.2, -0.15) is 0 Å². The van der Waals surface area contributed by atoms with Gasteiger partial charge in [0.25, 0.3) is 5.91 Å². The van der Waals surface area contributed by atoms with Crippen LogP contribution in [0, 0.1) is 5.82 Å². The van der Waals surface area contributed by atoms with E-state index in [1.54, 1.807) is 24.1 Å². The SMILES string of the molecule is COc1ccc(CN(C(=O)c2ccc(F)cc2)[C@H]2CCS(=O)(=O)C2)cc1.